The number of amides is 1. The molecule has 1 amide bonds. The Morgan fingerprint density at radius 1 is 0.875 bits per heavy atom. The van der Waals surface area contributed by atoms with Crippen LogP contribution in [0, 0.1) is 5.82 Å². The third-order valence-corrected chi connectivity index (χ3v) is 4.30. The average Bonchev–Trinajstić information content (AvgIpc) is 2.62. The summed E-state index contributed by atoms with van der Waals surface area (Å²) in [7, 11) is 2.02. The van der Waals surface area contributed by atoms with E-state index >= 15 is 0 Å². The Bertz CT molecular complexity index is 750. The van der Waals surface area contributed by atoms with Gasteiger partial charge in [0.25, 0.3) is 5.91 Å². The Labute approximate surface area is 140 Å². The molecule has 4 nitrogen and oxygen atoms in total. The highest BCUT2D eigenvalue weighted by Crippen LogP contribution is 2.18. The molecule has 0 unspecified atom stereocenters. The summed E-state index contributed by atoms with van der Waals surface area (Å²) in [5.41, 5.74) is 1.12. The number of hydrogen-bond acceptors (Lipinski definition) is 3. The van der Waals surface area contributed by atoms with Crippen LogP contribution in [-0.4, -0.2) is 54.7 Å². The number of halogens is 1. The van der Waals surface area contributed by atoms with Gasteiger partial charge in [-0.25, -0.2) is 4.39 Å². The lowest BCUT2D eigenvalue weighted by molar-refractivity contribution is 0.0661. The maximum absolute atomic E-state index is 13.1. The van der Waals surface area contributed by atoms with Crippen LogP contribution in [0.1, 0.15) is 26.3 Å². The minimum absolute atomic E-state index is 0.130. The number of rotatable bonds is 3. The van der Waals surface area contributed by atoms with Crippen molar-refractivity contribution in [3.05, 3.63) is 71.0 Å². The third-order valence-electron chi connectivity index (χ3n) is 4.30. The largest absolute Gasteiger partial charge is 0.336 e. The van der Waals surface area contributed by atoms with Crippen molar-refractivity contribution in [3.8, 4) is 0 Å². The van der Waals surface area contributed by atoms with Crippen LogP contribution < -0.4 is 0 Å². The van der Waals surface area contributed by atoms with E-state index in [0.29, 0.717) is 29.8 Å². The molecule has 0 spiro atoms. The minimum atomic E-state index is -0.395. The van der Waals surface area contributed by atoms with E-state index < -0.39 is 5.82 Å². The Hall–Kier alpha value is -2.53. The summed E-state index contributed by atoms with van der Waals surface area (Å²) in [6.07, 6.45) is 0. The molecule has 0 aromatic heterocycles. The number of carbonyl (C=O) groups excluding carboxylic acids is 2. The van der Waals surface area contributed by atoms with Crippen molar-refractivity contribution in [2.45, 2.75) is 0 Å². The van der Waals surface area contributed by atoms with E-state index in [4.69, 9.17) is 0 Å². The second kappa shape index (κ2) is 6.93. The van der Waals surface area contributed by atoms with Crippen molar-refractivity contribution in [3.63, 3.8) is 0 Å². The summed E-state index contributed by atoms with van der Waals surface area (Å²) in [4.78, 5) is 29.5. The fourth-order valence-corrected chi connectivity index (χ4v) is 2.80. The van der Waals surface area contributed by atoms with Gasteiger partial charge in [0.2, 0.25) is 0 Å². The van der Waals surface area contributed by atoms with Gasteiger partial charge in [0.05, 0.1) is 5.56 Å². The standard InChI is InChI=1S/C19H19FN2O2/c1-21-10-12-22(13-11-21)19(24)17-5-3-2-4-16(17)18(23)14-6-8-15(20)9-7-14/h2-9H,10-13H2,1H3. The zero-order valence-corrected chi connectivity index (χ0v) is 13.5. The van der Waals surface area contributed by atoms with Gasteiger partial charge in [-0.3, -0.25) is 9.59 Å². The fourth-order valence-electron chi connectivity index (χ4n) is 2.80. The van der Waals surface area contributed by atoms with Crippen LogP contribution >= 0.6 is 0 Å². The van der Waals surface area contributed by atoms with Crippen LogP contribution in [0.25, 0.3) is 0 Å². The van der Waals surface area contributed by atoms with Gasteiger partial charge in [0.15, 0.2) is 5.78 Å². The zero-order chi connectivity index (χ0) is 17.1. The molecule has 124 valence electrons. The molecule has 24 heavy (non-hydrogen) atoms. The molecule has 0 atom stereocenters. The molecular formula is C19H19FN2O2. The molecule has 2 aromatic carbocycles. The molecule has 0 bridgehead atoms. The predicted octanol–water partition coefficient (Wildman–Crippen LogP) is 2.44. The van der Waals surface area contributed by atoms with Gasteiger partial charge in [0.1, 0.15) is 5.82 Å². The first-order chi connectivity index (χ1) is 11.6. The van der Waals surface area contributed by atoms with Gasteiger partial charge in [-0.2, -0.15) is 0 Å². The van der Waals surface area contributed by atoms with Crippen molar-refractivity contribution in [1.29, 1.82) is 0 Å². The normalized spacial score (nSPS) is 15.3. The van der Waals surface area contributed by atoms with Crippen molar-refractivity contribution < 1.29 is 14.0 Å². The molecule has 1 saturated heterocycles. The van der Waals surface area contributed by atoms with E-state index in [2.05, 4.69) is 4.90 Å². The Kier molecular flexibility index (Phi) is 4.71. The van der Waals surface area contributed by atoms with Crippen molar-refractivity contribution in [2.75, 3.05) is 33.2 Å². The van der Waals surface area contributed by atoms with E-state index in [0.717, 1.165) is 13.1 Å². The summed E-state index contributed by atoms with van der Waals surface area (Å²) in [6.45, 7) is 2.93. The van der Waals surface area contributed by atoms with Gasteiger partial charge < -0.3 is 9.80 Å². The molecule has 5 heteroatoms. The highest BCUT2D eigenvalue weighted by atomic mass is 19.1. The van der Waals surface area contributed by atoms with E-state index in [1.807, 2.05) is 7.05 Å². The van der Waals surface area contributed by atoms with E-state index in [1.54, 1.807) is 29.2 Å². The summed E-state index contributed by atoms with van der Waals surface area (Å²) in [5, 5.41) is 0. The molecule has 3 rings (SSSR count). The number of ketones is 1. The molecule has 0 radical (unpaired) electrons. The zero-order valence-electron chi connectivity index (χ0n) is 13.5. The first-order valence-corrected chi connectivity index (χ1v) is 7.93. The number of piperazine rings is 1. The lowest BCUT2D eigenvalue weighted by atomic mass is 9.97. The lowest BCUT2D eigenvalue weighted by Gasteiger charge is -2.32. The van der Waals surface area contributed by atoms with Gasteiger partial charge in [-0.05, 0) is 37.4 Å². The lowest BCUT2D eigenvalue weighted by Crippen LogP contribution is -2.47. The fraction of sp³-hybridized carbons (Fsp3) is 0.263. The Balaban J connectivity index is 1.89. The van der Waals surface area contributed by atoms with Crippen LogP contribution in [-0.2, 0) is 0 Å². The number of benzene rings is 2. The topological polar surface area (TPSA) is 40.6 Å². The molecule has 1 aliphatic heterocycles. The molecule has 0 aliphatic carbocycles. The molecule has 0 N–H and O–H groups in total. The number of carbonyl (C=O) groups is 2. The molecule has 1 aliphatic rings. The highest BCUT2D eigenvalue weighted by molar-refractivity contribution is 6.15. The number of likely N-dealkylation sites (N-methyl/N-ethyl adjacent to an activating group) is 1. The van der Waals surface area contributed by atoms with Crippen LogP contribution in [0.15, 0.2) is 48.5 Å². The smallest absolute Gasteiger partial charge is 0.254 e. The van der Waals surface area contributed by atoms with Gasteiger partial charge in [0, 0.05) is 37.3 Å². The molecule has 0 saturated carbocycles. The molecular weight excluding hydrogens is 307 g/mol. The van der Waals surface area contributed by atoms with Crippen molar-refractivity contribution in [1.82, 2.24) is 9.80 Å². The van der Waals surface area contributed by atoms with E-state index in [1.165, 1.54) is 24.3 Å². The average molecular weight is 326 g/mol. The second-order valence-corrected chi connectivity index (χ2v) is 5.98. The third kappa shape index (κ3) is 3.36. The maximum atomic E-state index is 13.1. The number of nitrogens with zero attached hydrogens (tertiary/aromatic N) is 2. The van der Waals surface area contributed by atoms with Crippen LogP contribution in [0.3, 0.4) is 0 Å². The second-order valence-electron chi connectivity index (χ2n) is 5.98. The van der Waals surface area contributed by atoms with Crippen LogP contribution in [0.5, 0.6) is 0 Å². The SMILES string of the molecule is CN1CCN(C(=O)c2ccccc2C(=O)c2ccc(F)cc2)CC1. The molecule has 2 aromatic rings. The van der Waals surface area contributed by atoms with Gasteiger partial charge in [-0.15, -0.1) is 0 Å². The first kappa shape index (κ1) is 16.3. The Morgan fingerprint density at radius 2 is 1.46 bits per heavy atom. The summed E-state index contributed by atoms with van der Waals surface area (Å²) >= 11 is 0. The summed E-state index contributed by atoms with van der Waals surface area (Å²) < 4.78 is 13.1. The Morgan fingerprint density at radius 3 is 2.08 bits per heavy atom. The predicted molar refractivity (Wildman–Crippen MR) is 89.7 cm³/mol. The van der Waals surface area contributed by atoms with E-state index in [9.17, 15) is 14.0 Å². The quantitative estimate of drug-likeness (QED) is 0.814. The molecule has 1 fully saturated rings. The minimum Gasteiger partial charge on any atom is -0.336 e. The molecule has 1 heterocycles. The van der Waals surface area contributed by atoms with Crippen LogP contribution in [0.4, 0.5) is 4.39 Å². The first-order valence-electron chi connectivity index (χ1n) is 7.93. The van der Waals surface area contributed by atoms with Crippen LogP contribution in [0.2, 0.25) is 0 Å². The maximum Gasteiger partial charge on any atom is 0.254 e. The number of hydrogen-bond donors (Lipinski definition) is 0. The highest BCUT2D eigenvalue weighted by Gasteiger charge is 2.24. The summed E-state index contributed by atoms with van der Waals surface area (Å²) in [6, 6.07) is 12.2. The van der Waals surface area contributed by atoms with Gasteiger partial charge >= 0.3 is 0 Å². The monoisotopic (exact) mass is 326 g/mol. The van der Waals surface area contributed by atoms with E-state index in [-0.39, 0.29) is 11.7 Å². The van der Waals surface area contributed by atoms with Gasteiger partial charge in [-0.1, -0.05) is 18.2 Å². The van der Waals surface area contributed by atoms with Crippen molar-refractivity contribution in [2.24, 2.45) is 0 Å². The van der Waals surface area contributed by atoms with Crippen molar-refractivity contribution >= 4 is 11.7 Å². The summed E-state index contributed by atoms with van der Waals surface area (Å²) in [5.74, 6) is -0.796.